The van der Waals surface area contributed by atoms with Crippen LogP contribution in [-0.2, 0) is 22.3 Å². The number of nitrogens with zero attached hydrogens (tertiary/aromatic N) is 5. The number of hydrogen-bond acceptors (Lipinski definition) is 11. The number of hydrogen-bond donors (Lipinski definition) is 4. The molecule has 0 bridgehead atoms. The summed E-state index contributed by atoms with van der Waals surface area (Å²) in [6, 6.07) is 9.05. The number of carbonyl (C=O) groups excluding carboxylic acids is 2. The van der Waals surface area contributed by atoms with Crippen molar-refractivity contribution in [1.82, 2.24) is 29.9 Å². The molecule has 378 valence electrons. The predicted octanol–water partition coefficient (Wildman–Crippen LogP) is 11.3. The molecule has 70 heavy (non-hydrogen) atoms. The number of imidazole rings is 2. The molecule has 0 saturated carbocycles. The van der Waals surface area contributed by atoms with Crippen LogP contribution in [0.25, 0.3) is 11.1 Å². The molecule has 2 saturated heterocycles. The average Bonchev–Trinajstić information content (AvgIpc) is 4.01. The first-order valence-corrected chi connectivity index (χ1v) is 23.9. The summed E-state index contributed by atoms with van der Waals surface area (Å²) in [6.07, 6.45) is -1.00. The van der Waals surface area contributed by atoms with E-state index in [1.165, 1.54) is 6.20 Å². The minimum atomic E-state index is -2.14. The third-order valence-corrected chi connectivity index (χ3v) is 13.1. The molecular weight excluding hydrogens is 879 g/mol. The number of aryl methyl sites for hydroxylation is 1. The number of aromatic amines is 2. The van der Waals surface area contributed by atoms with Crippen LogP contribution in [0.1, 0.15) is 230 Å². The zero-order valence-electron chi connectivity index (χ0n) is 50.1. The topological polar surface area (TPSA) is 200 Å². The van der Waals surface area contributed by atoms with Crippen molar-refractivity contribution in [2.75, 3.05) is 13.2 Å². The number of aliphatic hydroxyl groups is 2. The summed E-state index contributed by atoms with van der Waals surface area (Å²) >= 11 is 0. The van der Waals surface area contributed by atoms with Crippen LogP contribution in [-0.4, -0.2) is 87.3 Å². The number of rotatable bonds is 12. The zero-order chi connectivity index (χ0) is 57.2. The minimum absolute atomic E-state index is 0. The first-order chi connectivity index (χ1) is 35.5. The number of allylic oxidation sites excluding steroid dienone is 4. The molecule has 4 aromatic heterocycles. The number of pyridine rings is 2. The lowest BCUT2D eigenvalue weighted by atomic mass is 9.76. The summed E-state index contributed by atoms with van der Waals surface area (Å²) in [7, 11) is 0. The van der Waals surface area contributed by atoms with Gasteiger partial charge in [-0.3, -0.25) is 19.6 Å². The second-order valence-corrected chi connectivity index (χ2v) is 22.5. The lowest BCUT2D eigenvalue weighted by Crippen LogP contribution is -2.48. The van der Waals surface area contributed by atoms with Crippen molar-refractivity contribution in [3.8, 4) is 6.07 Å². The maximum absolute atomic E-state index is 13.1. The van der Waals surface area contributed by atoms with E-state index >= 15 is 0 Å². The van der Waals surface area contributed by atoms with Crippen molar-refractivity contribution in [2.45, 2.75) is 195 Å². The third-order valence-electron chi connectivity index (χ3n) is 13.1. The van der Waals surface area contributed by atoms with Crippen molar-refractivity contribution in [3.63, 3.8) is 0 Å². The number of aromatic nitrogens is 6. The number of Topliss-reactive ketones (excluding diaryl/α,β-unsaturated/α-hetero) is 2. The van der Waals surface area contributed by atoms with Crippen molar-refractivity contribution in [3.05, 3.63) is 106 Å². The molecule has 2 aliphatic heterocycles. The van der Waals surface area contributed by atoms with Gasteiger partial charge in [0.25, 0.3) is 0 Å². The SMILES string of the molecule is C.[2H]C1=C(c2nc(C3CC(C)(C)OC(C)(CO)C3)ccc2CC(=O)c2ncc(C#N)[nH]2)C([2H])([2H])CC(C)(C)C1[2H].[2H]C1=C(c2nc(C3CC(C)(C)OC(C)(CO)C3)ccc2CC(=O)c2ncc(C)[nH]2)C([2H])([2H])C([2H])C(C)(C)C1. The highest BCUT2D eigenvalue weighted by Crippen LogP contribution is 2.46. The van der Waals surface area contributed by atoms with E-state index in [-0.39, 0.29) is 116 Å². The van der Waals surface area contributed by atoms with Crippen molar-refractivity contribution in [2.24, 2.45) is 10.8 Å². The van der Waals surface area contributed by atoms with Gasteiger partial charge in [0.1, 0.15) is 11.8 Å². The fraction of sp³-hybridized carbons (Fsp3) is 0.596. The Balaban J connectivity index is 0.000000249. The van der Waals surface area contributed by atoms with Gasteiger partial charge >= 0.3 is 0 Å². The maximum atomic E-state index is 13.1. The molecule has 13 heteroatoms. The van der Waals surface area contributed by atoms with Crippen LogP contribution >= 0.6 is 0 Å². The maximum Gasteiger partial charge on any atom is 0.202 e. The Bertz CT molecular complexity index is 3030. The van der Waals surface area contributed by atoms with E-state index in [4.69, 9.17) is 35.7 Å². The summed E-state index contributed by atoms with van der Waals surface area (Å²) in [5.74, 6) is -0.644. The van der Waals surface area contributed by atoms with Crippen LogP contribution in [0.4, 0.5) is 0 Å². The Morgan fingerprint density at radius 3 is 1.71 bits per heavy atom. The lowest BCUT2D eigenvalue weighted by molar-refractivity contribution is -0.187. The molecule has 2 fully saturated rings. The molecule has 2 aliphatic carbocycles. The number of carbonyl (C=O) groups is 2. The van der Waals surface area contributed by atoms with Crippen LogP contribution in [0.3, 0.4) is 0 Å². The van der Waals surface area contributed by atoms with Crippen LogP contribution < -0.4 is 0 Å². The zero-order valence-corrected chi connectivity index (χ0v) is 42.1. The highest BCUT2D eigenvalue weighted by molar-refractivity contribution is 5.95. The molecule has 6 heterocycles. The van der Waals surface area contributed by atoms with E-state index < -0.39 is 64.6 Å². The Morgan fingerprint density at radius 2 is 1.24 bits per heavy atom. The van der Waals surface area contributed by atoms with Gasteiger partial charge in [-0.2, -0.15) is 5.26 Å². The fourth-order valence-electron chi connectivity index (χ4n) is 9.93. The van der Waals surface area contributed by atoms with Gasteiger partial charge in [0.05, 0.1) is 55.9 Å². The van der Waals surface area contributed by atoms with Gasteiger partial charge < -0.3 is 29.7 Å². The number of aliphatic hydroxyl groups excluding tert-OH is 2. The lowest BCUT2D eigenvalue weighted by Gasteiger charge is -2.46. The Morgan fingerprint density at radius 1 is 0.743 bits per heavy atom. The molecule has 4 aliphatic rings. The molecule has 13 nitrogen and oxygen atoms in total. The first-order valence-electron chi connectivity index (χ1n) is 28.1. The first kappa shape index (κ1) is 43.6. The molecule has 8 rings (SSSR count). The number of H-pyrrole nitrogens is 2. The number of nitriles is 1. The molecule has 0 radical (unpaired) electrons. The van der Waals surface area contributed by atoms with Gasteiger partial charge in [-0.05, 0) is 158 Å². The smallest absolute Gasteiger partial charge is 0.202 e. The van der Waals surface area contributed by atoms with E-state index in [0.29, 0.717) is 48.2 Å². The number of ketones is 2. The van der Waals surface area contributed by atoms with Crippen LogP contribution in [0.15, 0.2) is 48.8 Å². The number of ether oxygens (including phenoxy) is 2. The Labute approximate surface area is 427 Å². The Kier molecular flexibility index (Phi) is 13.0. The summed E-state index contributed by atoms with van der Waals surface area (Å²) in [6.45, 7) is 20.3. The van der Waals surface area contributed by atoms with Crippen molar-refractivity contribution in [1.29, 1.82) is 5.26 Å². The van der Waals surface area contributed by atoms with Crippen molar-refractivity contribution < 1.29 is 40.2 Å². The van der Waals surface area contributed by atoms with Gasteiger partial charge in [-0.1, -0.05) is 59.4 Å². The molecular formula is C57H79N7O6. The van der Waals surface area contributed by atoms with Crippen molar-refractivity contribution >= 4 is 22.7 Å². The van der Waals surface area contributed by atoms with E-state index in [1.807, 2.05) is 66.7 Å². The largest absolute Gasteiger partial charge is 0.393 e. The van der Waals surface area contributed by atoms with E-state index in [2.05, 4.69) is 19.9 Å². The van der Waals surface area contributed by atoms with Crippen LogP contribution in [0.2, 0.25) is 0 Å². The summed E-state index contributed by atoms with van der Waals surface area (Å²) in [5.41, 5.74) is -0.312. The predicted molar refractivity (Wildman–Crippen MR) is 274 cm³/mol. The van der Waals surface area contributed by atoms with Gasteiger partial charge in [0.2, 0.25) is 11.6 Å². The highest BCUT2D eigenvalue weighted by Gasteiger charge is 2.44. The average molecular weight is 966 g/mol. The summed E-state index contributed by atoms with van der Waals surface area (Å²) in [4.78, 5) is 49.8. The number of nitrogens with one attached hydrogen (secondary N) is 2. The third kappa shape index (κ3) is 13.2. The summed E-state index contributed by atoms with van der Waals surface area (Å²) < 4.78 is 83.1. The molecule has 4 aromatic rings. The molecule has 0 spiro atoms. The monoisotopic (exact) mass is 966 g/mol. The molecule has 0 amide bonds. The summed E-state index contributed by atoms with van der Waals surface area (Å²) in [5, 5.41) is 29.2. The van der Waals surface area contributed by atoms with E-state index in [1.54, 1.807) is 46.0 Å². The molecule has 6 atom stereocenters. The molecule has 6 unspecified atom stereocenters. The fourth-order valence-corrected chi connectivity index (χ4v) is 9.93. The van der Waals surface area contributed by atoms with Gasteiger partial charge in [0, 0.05) is 56.2 Å². The molecule has 4 N–H and O–H groups in total. The quantitative estimate of drug-likeness (QED) is 0.0985. The second kappa shape index (κ2) is 20.9. The highest BCUT2D eigenvalue weighted by atomic mass is 16.5. The van der Waals surface area contributed by atoms with Crippen LogP contribution in [0.5, 0.6) is 0 Å². The normalized spacial score (nSPS) is 31.0. The van der Waals surface area contributed by atoms with Gasteiger partial charge in [0.15, 0.2) is 11.6 Å². The second-order valence-electron chi connectivity index (χ2n) is 22.5. The van der Waals surface area contributed by atoms with Gasteiger partial charge in [-0.15, -0.1) is 0 Å². The Hall–Kier alpha value is -5.13. The van der Waals surface area contributed by atoms with Gasteiger partial charge in [-0.25, -0.2) is 9.97 Å². The van der Waals surface area contributed by atoms with E-state index in [0.717, 1.165) is 5.69 Å². The minimum Gasteiger partial charge on any atom is -0.393 e. The molecule has 0 aromatic carbocycles. The van der Waals surface area contributed by atoms with Crippen LogP contribution in [0, 0.1) is 29.1 Å². The standard InChI is InChI=1S/C28H36N4O3.C28H39N3O3.CH4/c1-26(2)10-8-18(9-11-26)24-19(12-23(34)25-30-16-21(15-29)31-25)6-7-22(32-24)20-13-27(3,4)35-28(5,14-20)17-33;1-18-16-29-25(30-18)23(33)13-20-7-8-22(21-14-27(4,5)34-28(6,15-21)17-32)31-24(20)19-9-11-26(2,3)12-10-19;/h6-8,16,20,33H,9-14,17H2,1-5H3,(H,30,31);7-9,16,21,32H,10-15,17H2,1-6H3,(H,29,30);1H4/i8D,9D2,10D;9D,10D2,12D;. The van der Waals surface area contributed by atoms with E-state index in [9.17, 15) is 19.8 Å².